The van der Waals surface area contributed by atoms with E-state index < -0.39 is 0 Å². The van der Waals surface area contributed by atoms with Crippen LogP contribution in [0.3, 0.4) is 0 Å². The number of nitriles is 1. The van der Waals surface area contributed by atoms with E-state index in [0.717, 1.165) is 37.5 Å². The number of hydrogen-bond acceptors (Lipinski definition) is 4. The Morgan fingerprint density at radius 2 is 2.21 bits per heavy atom. The monoisotopic (exact) mass is 277 g/mol. The molecule has 0 radical (unpaired) electrons. The lowest BCUT2D eigenvalue weighted by Crippen LogP contribution is -2.51. The SMILES string of the molecule is CCC(C#N)N1CCN(C(=O)Cc2cccs2)CC1. The summed E-state index contributed by atoms with van der Waals surface area (Å²) >= 11 is 1.63. The maximum atomic E-state index is 12.1. The molecular weight excluding hydrogens is 258 g/mol. The molecule has 102 valence electrons. The first-order valence-electron chi connectivity index (χ1n) is 6.68. The van der Waals surface area contributed by atoms with Gasteiger partial charge in [-0.2, -0.15) is 5.26 Å². The molecule has 1 unspecified atom stereocenters. The van der Waals surface area contributed by atoms with Crippen LogP contribution in [0.2, 0.25) is 0 Å². The van der Waals surface area contributed by atoms with Crippen molar-refractivity contribution < 1.29 is 4.79 Å². The summed E-state index contributed by atoms with van der Waals surface area (Å²) in [6.07, 6.45) is 1.35. The average Bonchev–Trinajstić information content (AvgIpc) is 2.94. The smallest absolute Gasteiger partial charge is 0.227 e. The van der Waals surface area contributed by atoms with Crippen LogP contribution in [0.25, 0.3) is 0 Å². The zero-order chi connectivity index (χ0) is 13.7. The molecular formula is C14H19N3OS. The molecule has 1 saturated heterocycles. The molecule has 0 bridgehead atoms. The van der Waals surface area contributed by atoms with Crippen LogP contribution in [0.5, 0.6) is 0 Å². The second kappa shape index (κ2) is 6.69. The second-order valence-corrected chi connectivity index (χ2v) is 5.76. The minimum absolute atomic E-state index is 0.00505. The molecule has 1 fully saturated rings. The number of thiophene rings is 1. The van der Waals surface area contributed by atoms with Crippen molar-refractivity contribution in [2.75, 3.05) is 26.2 Å². The minimum atomic E-state index is -0.00505. The Morgan fingerprint density at radius 3 is 2.74 bits per heavy atom. The predicted octanol–water partition coefficient (Wildman–Crippen LogP) is 1.74. The Balaban J connectivity index is 1.83. The maximum Gasteiger partial charge on any atom is 0.227 e. The Labute approximate surface area is 118 Å². The lowest BCUT2D eigenvalue weighted by molar-refractivity contribution is -0.132. The fraction of sp³-hybridized carbons (Fsp3) is 0.571. The van der Waals surface area contributed by atoms with Gasteiger partial charge in [0.15, 0.2) is 0 Å². The third-order valence-corrected chi connectivity index (χ3v) is 4.43. The summed E-state index contributed by atoms with van der Waals surface area (Å²) in [6, 6.07) is 6.30. The van der Waals surface area contributed by atoms with Crippen molar-refractivity contribution in [2.24, 2.45) is 0 Å². The van der Waals surface area contributed by atoms with E-state index >= 15 is 0 Å². The maximum absolute atomic E-state index is 12.1. The van der Waals surface area contributed by atoms with Crippen molar-refractivity contribution in [3.63, 3.8) is 0 Å². The molecule has 0 N–H and O–H groups in total. The van der Waals surface area contributed by atoms with Gasteiger partial charge in [-0.05, 0) is 17.9 Å². The molecule has 1 amide bonds. The third-order valence-electron chi connectivity index (χ3n) is 3.55. The molecule has 1 aliphatic rings. The van der Waals surface area contributed by atoms with Crippen molar-refractivity contribution in [2.45, 2.75) is 25.8 Å². The zero-order valence-electron chi connectivity index (χ0n) is 11.2. The van der Waals surface area contributed by atoms with Crippen LogP contribution in [-0.2, 0) is 11.2 Å². The van der Waals surface area contributed by atoms with Crippen molar-refractivity contribution in [1.82, 2.24) is 9.80 Å². The van der Waals surface area contributed by atoms with Gasteiger partial charge in [0.25, 0.3) is 0 Å². The van der Waals surface area contributed by atoms with E-state index in [1.807, 2.05) is 29.3 Å². The van der Waals surface area contributed by atoms with Gasteiger partial charge in [0.2, 0.25) is 5.91 Å². The van der Waals surface area contributed by atoms with Gasteiger partial charge >= 0.3 is 0 Å². The predicted molar refractivity (Wildman–Crippen MR) is 75.9 cm³/mol. The Morgan fingerprint density at radius 1 is 1.47 bits per heavy atom. The van der Waals surface area contributed by atoms with E-state index in [0.29, 0.717) is 6.42 Å². The molecule has 1 aliphatic heterocycles. The molecule has 2 heterocycles. The summed E-state index contributed by atoms with van der Waals surface area (Å²) in [6.45, 7) is 5.12. The third kappa shape index (κ3) is 3.55. The van der Waals surface area contributed by atoms with Gasteiger partial charge < -0.3 is 4.90 Å². The zero-order valence-corrected chi connectivity index (χ0v) is 12.0. The first-order chi connectivity index (χ1) is 9.24. The standard InChI is InChI=1S/C14H19N3OS/c1-2-12(11-15)16-5-7-17(8-6-16)14(18)10-13-4-3-9-19-13/h3-4,9,12H,2,5-8,10H2,1H3. The van der Waals surface area contributed by atoms with Gasteiger partial charge in [-0.15, -0.1) is 11.3 Å². The number of rotatable bonds is 4. The first-order valence-corrected chi connectivity index (χ1v) is 7.56. The van der Waals surface area contributed by atoms with Crippen molar-refractivity contribution in [3.8, 4) is 6.07 Å². The highest BCUT2D eigenvalue weighted by Crippen LogP contribution is 2.13. The highest BCUT2D eigenvalue weighted by Gasteiger charge is 2.25. The first kappa shape index (κ1) is 14.0. The highest BCUT2D eigenvalue weighted by molar-refractivity contribution is 7.10. The van der Waals surface area contributed by atoms with Gasteiger partial charge in [-0.3, -0.25) is 9.69 Å². The summed E-state index contributed by atoms with van der Waals surface area (Å²) in [4.78, 5) is 17.3. The van der Waals surface area contributed by atoms with Gasteiger partial charge in [-0.25, -0.2) is 0 Å². The van der Waals surface area contributed by atoms with E-state index in [9.17, 15) is 4.79 Å². The van der Waals surface area contributed by atoms with E-state index in [1.54, 1.807) is 11.3 Å². The lowest BCUT2D eigenvalue weighted by atomic mass is 10.1. The number of amides is 1. The molecule has 1 aromatic rings. The van der Waals surface area contributed by atoms with Crippen LogP contribution < -0.4 is 0 Å². The largest absolute Gasteiger partial charge is 0.340 e. The van der Waals surface area contributed by atoms with Crippen LogP contribution in [-0.4, -0.2) is 47.9 Å². The summed E-state index contributed by atoms with van der Waals surface area (Å²) < 4.78 is 0. The van der Waals surface area contributed by atoms with Crippen LogP contribution in [0, 0.1) is 11.3 Å². The summed E-state index contributed by atoms with van der Waals surface area (Å²) in [5, 5.41) is 11.1. The fourth-order valence-corrected chi connectivity index (χ4v) is 3.08. The normalized spacial score (nSPS) is 18.0. The van der Waals surface area contributed by atoms with Gasteiger partial charge in [-0.1, -0.05) is 13.0 Å². The van der Waals surface area contributed by atoms with E-state index in [2.05, 4.69) is 11.0 Å². The number of carbonyl (C=O) groups is 1. The lowest BCUT2D eigenvalue weighted by Gasteiger charge is -2.36. The molecule has 0 aromatic carbocycles. The Bertz CT molecular complexity index is 444. The van der Waals surface area contributed by atoms with E-state index in [1.165, 1.54) is 0 Å². The van der Waals surface area contributed by atoms with E-state index in [4.69, 9.17) is 5.26 Å². The van der Waals surface area contributed by atoms with Crippen molar-refractivity contribution in [3.05, 3.63) is 22.4 Å². The highest BCUT2D eigenvalue weighted by atomic mass is 32.1. The molecule has 5 heteroatoms. The Kier molecular flexibility index (Phi) is 4.94. The molecule has 0 spiro atoms. The molecule has 2 rings (SSSR count). The van der Waals surface area contributed by atoms with Gasteiger partial charge in [0.05, 0.1) is 18.5 Å². The summed E-state index contributed by atoms with van der Waals surface area (Å²) in [5.74, 6) is 0.201. The summed E-state index contributed by atoms with van der Waals surface area (Å²) in [5.41, 5.74) is 0. The quantitative estimate of drug-likeness (QED) is 0.842. The number of hydrogen-bond donors (Lipinski definition) is 0. The van der Waals surface area contributed by atoms with Crippen molar-refractivity contribution >= 4 is 17.2 Å². The topological polar surface area (TPSA) is 47.3 Å². The number of carbonyl (C=O) groups excluding carboxylic acids is 1. The Hall–Kier alpha value is -1.38. The van der Waals surface area contributed by atoms with Crippen molar-refractivity contribution in [1.29, 1.82) is 5.26 Å². The van der Waals surface area contributed by atoms with Crippen LogP contribution in [0.4, 0.5) is 0 Å². The van der Waals surface area contributed by atoms with Crippen LogP contribution in [0.15, 0.2) is 17.5 Å². The second-order valence-electron chi connectivity index (χ2n) is 4.73. The van der Waals surface area contributed by atoms with Crippen LogP contribution in [0.1, 0.15) is 18.2 Å². The molecule has 1 aromatic heterocycles. The minimum Gasteiger partial charge on any atom is -0.340 e. The van der Waals surface area contributed by atoms with Gasteiger partial charge in [0.1, 0.15) is 0 Å². The molecule has 0 saturated carbocycles. The number of piperazine rings is 1. The number of nitrogens with zero attached hydrogens (tertiary/aromatic N) is 3. The summed E-state index contributed by atoms with van der Waals surface area (Å²) in [7, 11) is 0. The molecule has 4 nitrogen and oxygen atoms in total. The van der Waals surface area contributed by atoms with E-state index in [-0.39, 0.29) is 11.9 Å². The average molecular weight is 277 g/mol. The van der Waals surface area contributed by atoms with Gasteiger partial charge in [0, 0.05) is 31.1 Å². The molecule has 19 heavy (non-hydrogen) atoms. The van der Waals surface area contributed by atoms with Crippen LogP contribution >= 0.6 is 11.3 Å². The fourth-order valence-electron chi connectivity index (χ4n) is 2.39. The molecule has 0 aliphatic carbocycles. The molecule has 1 atom stereocenters.